The number of nitrogens with zero attached hydrogens (tertiary/aromatic N) is 3. The van der Waals surface area contributed by atoms with Crippen LogP contribution in [0.2, 0.25) is 0 Å². The SMILES string of the molecule is CC(C)(C)OC(=O)N1CCC(N2C[C@@H]3CC(F)(F)CN3C[C@@H]2CCc2ccc(C(F)(F)F)cc2)CC1. The molecule has 1 aromatic carbocycles. The van der Waals surface area contributed by atoms with Crippen molar-refractivity contribution in [3.05, 3.63) is 35.4 Å². The van der Waals surface area contributed by atoms with E-state index in [2.05, 4.69) is 4.90 Å². The topological polar surface area (TPSA) is 36.0 Å². The molecule has 0 radical (unpaired) electrons. The number of likely N-dealkylation sites (tertiary alicyclic amines) is 1. The summed E-state index contributed by atoms with van der Waals surface area (Å²) in [7, 11) is 0. The zero-order valence-electron chi connectivity index (χ0n) is 21.2. The molecule has 0 saturated carbocycles. The molecule has 3 aliphatic rings. The van der Waals surface area contributed by atoms with Crippen molar-refractivity contribution >= 4 is 6.09 Å². The van der Waals surface area contributed by atoms with Gasteiger partial charge < -0.3 is 9.64 Å². The summed E-state index contributed by atoms with van der Waals surface area (Å²) in [5.74, 6) is -2.70. The van der Waals surface area contributed by atoms with Crippen LogP contribution in [-0.2, 0) is 17.3 Å². The summed E-state index contributed by atoms with van der Waals surface area (Å²) in [6.07, 6.45) is -2.13. The van der Waals surface area contributed by atoms with Crippen LogP contribution in [-0.4, -0.2) is 83.2 Å². The van der Waals surface area contributed by atoms with Gasteiger partial charge in [-0.15, -0.1) is 0 Å². The Balaban J connectivity index is 1.41. The molecule has 3 heterocycles. The van der Waals surface area contributed by atoms with Gasteiger partial charge in [-0.25, -0.2) is 13.6 Å². The molecular formula is C26H36F5N3O2. The Labute approximate surface area is 209 Å². The maximum absolute atomic E-state index is 14.2. The Morgan fingerprint density at radius 1 is 1.03 bits per heavy atom. The van der Waals surface area contributed by atoms with Gasteiger partial charge in [-0.05, 0) is 64.2 Å². The molecule has 0 bridgehead atoms. The molecule has 2 atom stereocenters. The molecule has 1 aromatic rings. The van der Waals surface area contributed by atoms with E-state index in [0.29, 0.717) is 39.0 Å². The maximum atomic E-state index is 14.2. The Bertz CT molecular complexity index is 908. The quantitative estimate of drug-likeness (QED) is 0.499. The van der Waals surface area contributed by atoms with E-state index in [1.807, 2.05) is 25.7 Å². The molecule has 36 heavy (non-hydrogen) atoms. The molecule has 0 unspecified atom stereocenters. The second-order valence-electron chi connectivity index (χ2n) is 11.4. The first-order chi connectivity index (χ1) is 16.7. The van der Waals surface area contributed by atoms with Crippen molar-refractivity contribution in [3.8, 4) is 0 Å². The fourth-order valence-corrected chi connectivity index (χ4v) is 5.73. The van der Waals surface area contributed by atoms with Gasteiger partial charge in [0.2, 0.25) is 0 Å². The molecule has 0 spiro atoms. The zero-order chi connectivity index (χ0) is 26.3. The highest BCUT2D eigenvalue weighted by Crippen LogP contribution is 2.37. The number of hydrogen-bond acceptors (Lipinski definition) is 4. The van der Waals surface area contributed by atoms with E-state index >= 15 is 0 Å². The van der Waals surface area contributed by atoms with Gasteiger partial charge in [0.1, 0.15) is 5.60 Å². The van der Waals surface area contributed by atoms with Crippen LogP contribution in [0, 0.1) is 0 Å². The average Bonchev–Trinajstić information content (AvgIpc) is 3.08. The summed E-state index contributed by atoms with van der Waals surface area (Å²) in [6.45, 7) is 7.41. The first-order valence-corrected chi connectivity index (χ1v) is 12.7. The first-order valence-electron chi connectivity index (χ1n) is 12.7. The molecule has 3 saturated heterocycles. The van der Waals surface area contributed by atoms with E-state index < -0.39 is 23.3 Å². The molecular weight excluding hydrogens is 481 g/mol. The fourth-order valence-electron chi connectivity index (χ4n) is 5.73. The molecule has 3 fully saturated rings. The van der Waals surface area contributed by atoms with E-state index in [4.69, 9.17) is 4.74 Å². The number of aryl methyl sites for hydroxylation is 1. The Morgan fingerprint density at radius 3 is 2.25 bits per heavy atom. The average molecular weight is 518 g/mol. The number of fused-ring (bicyclic) bond motifs is 1. The molecule has 0 aliphatic carbocycles. The summed E-state index contributed by atoms with van der Waals surface area (Å²) in [5.41, 5.74) is -0.442. The highest BCUT2D eigenvalue weighted by molar-refractivity contribution is 5.68. The van der Waals surface area contributed by atoms with Crippen molar-refractivity contribution < 1.29 is 31.5 Å². The van der Waals surface area contributed by atoms with E-state index in [0.717, 1.165) is 30.5 Å². The number of hydrogen-bond donors (Lipinski definition) is 0. The third-order valence-electron chi connectivity index (χ3n) is 7.45. The molecule has 4 rings (SSSR count). The largest absolute Gasteiger partial charge is 0.444 e. The van der Waals surface area contributed by atoms with E-state index in [-0.39, 0.29) is 37.2 Å². The standard InChI is InChI=1S/C26H36F5N3O2/c1-24(2,3)36-23(35)32-12-10-20(11-13-32)34-16-22-14-25(27,28)17-33(22)15-21(34)9-6-18-4-7-19(8-5-18)26(29,30)31/h4-5,7-8,20-22H,6,9-17H2,1-3H3/t21-,22-/m0/s1. The number of ether oxygens (including phenoxy) is 1. The van der Waals surface area contributed by atoms with Crippen molar-refractivity contribution in [2.24, 2.45) is 0 Å². The number of rotatable bonds is 4. The molecule has 0 aromatic heterocycles. The zero-order valence-corrected chi connectivity index (χ0v) is 21.2. The van der Waals surface area contributed by atoms with E-state index in [9.17, 15) is 26.7 Å². The number of amides is 1. The number of benzene rings is 1. The van der Waals surface area contributed by atoms with Gasteiger partial charge in [-0.3, -0.25) is 9.80 Å². The number of alkyl halides is 5. The molecule has 10 heteroatoms. The molecule has 3 aliphatic heterocycles. The van der Waals surface area contributed by atoms with Crippen molar-refractivity contribution in [1.29, 1.82) is 0 Å². The van der Waals surface area contributed by atoms with Crippen LogP contribution in [0.25, 0.3) is 0 Å². The highest BCUT2D eigenvalue weighted by atomic mass is 19.4. The number of carbonyl (C=O) groups excluding carboxylic acids is 1. The minimum Gasteiger partial charge on any atom is -0.444 e. The number of piperidine rings is 1. The van der Waals surface area contributed by atoms with Gasteiger partial charge in [0.25, 0.3) is 5.92 Å². The Kier molecular flexibility index (Phi) is 7.59. The van der Waals surface area contributed by atoms with Crippen LogP contribution in [0.4, 0.5) is 26.7 Å². The smallest absolute Gasteiger partial charge is 0.416 e. The second-order valence-corrected chi connectivity index (χ2v) is 11.4. The third-order valence-corrected chi connectivity index (χ3v) is 7.45. The van der Waals surface area contributed by atoms with Gasteiger partial charge in [-0.2, -0.15) is 13.2 Å². The van der Waals surface area contributed by atoms with Crippen molar-refractivity contribution in [2.45, 2.75) is 88.7 Å². The minimum atomic E-state index is -4.37. The van der Waals surface area contributed by atoms with Crippen LogP contribution in [0.5, 0.6) is 0 Å². The van der Waals surface area contributed by atoms with Crippen LogP contribution in [0.15, 0.2) is 24.3 Å². The lowest BCUT2D eigenvalue weighted by atomic mass is 9.94. The van der Waals surface area contributed by atoms with Crippen LogP contribution in [0.1, 0.15) is 57.6 Å². The van der Waals surface area contributed by atoms with Gasteiger partial charge in [-0.1, -0.05) is 12.1 Å². The summed E-state index contributed by atoms with van der Waals surface area (Å²) < 4.78 is 72.6. The lowest BCUT2D eigenvalue weighted by Crippen LogP contribution is -2.61. The Hall–Kier alpha value is -1.94. The molecule has 0 N–H and O–H groups in total. The summed E-state index contributed by atoms with van der Waals surface area (Å²) in [4.78, 5) is 18.4. The van der Waals surface area contributed by atoms with Crippen LogP contribution in [0.3, 0.4) is 0 Å². The van der Waals surface area contributed by atoms with Crippen molar-refractivity contribution in [1.82, 2.24) is 14.7 Å². The highest BCUT2D eigenvalue weighted by Gasteiger charge is 2.50. The van der Waals surface area contributed by atoms with Crippen molar-refractivity contribution in [2.75, 3.05) is 32.7 Å². The van der Waals surface area contributed by atoms with Gasteiger partial charge in [0, 0.05) is 50.7 Å². The number of piperazine rings is 1. The lowest BCUT2D eigenvalue weighted by Gasteiger charge is -2.49. The third kappa shape index (κ3) is 6.68. The van der Waals surface area contributed by atoms with E-state index in [1.54, 1.807) is 4.90 Å². The summed E-state index contributed by atoms with van der Waals surface area (Å²) in [5, 5.41) is 0. The summed E-state index contributed by atoms with van der Waals surface area (Å²) >= 11 is 0. The van der Waals surface area contributed by atoms with Gasteiger partial charge in [0.05, 0.1) is 12.1 Å². The predicted octanol–water partition coefficient (Wildman–Crippen LogP) is 5.43. The van der Waals surface area contributed by atoms with Gasteiger partial charge >= 0.3 is 12.3 Å². The Morgan fingerprint density at radius 2 is 1.67 bits per heavy atom. The monoisotopic (exact) mass is 517 g/mol. The second kappa shape index (κ2) is 10.1. The molecule has 1 amide bonds. The number of halogens is 5. The van der Waals surface area contributed by atoms with Crippen LogP contribution < -0.4 is 0 Å². The molecule has 202 valence electrons. The van der Waals surface area contributed by atoms with Gasteiger partial charge in [0.15, 0.2) is 0 Å². The minimum absolute atomic E-state index is 0.0236. The fraction of sp³-hybridized carbons (Fsp3) is 0.731. The first kappa shape index (κ1) is 27.1. The maximum Gasteiger partial charge on any atom is 0.416 e. The van der Waals surface area contributed by atoms with Crippen LogP contribution >= 0.6 is 0 Å². The predicted molar refractivity (Wildman–Crippen MR) is 126 cm³/mol. The molecule has 5 nitrogen and oxygen atoms in total. The normalized spacial score (nSPS) is 26.2. The van der Waals surface area contributed by atoms with Crippen molar-refractivity contribution in [3.63, 3.8) is 0 Å². The summed E-state index contributed by atoms with van der Waals surface area (Å²) in [6, 6.07) is 5.18. The number of carbonyl (C=O) groups is 1. The lowest BCUT2D eigenvalue weighted by molar-refractivity contribution is -0.137. The van der Waals surface area contributed by atoms with E-state index in [1.165, 1.54) is 12.1 Å².